The summed E-state index contributed by atoms with van der Waals surface area (Å²) in [5, 5.41) is 1.05. The lowest BCUT2D eigenvalue weighted by molar-refractivity contribution is 0.0563. The molecule has 3 aromatic heterocycles. The fourth-order valence-electron chi connectivity index (χ4n) is 7.49. The van der Waals surface area contributed by atoms with Crippen LogP contribution in [0.2, 0.25) is 0 Å². The summed E-state index contributed by atoms with van der Waals surface area (Å²) in [6.07, 6.45) is 7.54. The number of fused-ring (bicyclic) bond motifs is 2. The monoisotopic (exact) mass is 877 g/mol. The van der Waals surface area contributed by atoms with Crippen molar-refractivity contribution in [2.24, 2.45) is 22.7 Å². The van der Waals surface area contributed by atoms with E-state index >= 15 is 0 Å². The van der Waals surface area contributed by atoms with E-state index in [1.807, 2.05) is 77.2 Å². The van der Waals surface area contributed by atoms with E-state index in [9.17, 15) is 8.42 Å². The molecular formula is C47H67N5O7S2. The van der Waals surface area contributed by atoms with Gasteiger partial charge in [-0.05, 0) is 89.0 Å². The molecule has 5 atom stereocenters. The standard InChI is InChI=1S/C18H26N2O3S.C18H20N2O3S.C9H13NO.2CH4/c1-11(2)14-7-5-12(3)9-17(14)23-24(21)18-19-15-8-6-13(22-4)10-16(15)20-18;1-11-9-19-16(12(2)18(11)23-4)10-24(21)17-7-13-5-6-14(22-3)8-15(13)20-17;1-6-5-10-8(3)7(2)9(6)11-4;;/h6,8,10-12,14,17H,5,7,9H2,1-4H3,(H,19,20);5-6,8-9H,7,10H2,1-4H3;5H,1-4H3;2*1H4/t12-,14+,17-,24?;;;;/m1..../s1. The molecule has 1 aliphatic heterocycles. The van der Waals surface area contributed by atoms with E-state index in [0.717, 1.165) is 91.8 Å². The molecule has 0 bridgehead atoms. The second-order valence-electron chi connectivity index (χ2n) is 15.5. The summed E-state index contributed by atoms with van der Waals surface area (Å²) < 4.78 is 52.4. The molecule has 5 aromatic rings. The number of aliphatic imine (C=N–C) groups is 1. The van der Waals surface area contributed by atoms with Crippen molar-refractivity contribution >= 4 is 43.6 Å². The molecule has 2 unspecified atom stereocenters. The van der Waals surface area contributed by atoms with Crippen LogP contribution < -0.4 is 18.9 Å². The largest absolute Gasteiger partial charge is 0.497 e. The number of aromatic nitrogens is 4. The highest BCUT2D eigenvalue weighted by Gasteiger charge is 2.33. The maximum atomic E-state index is 12.7. The third kappa shape index (κ3) is 12.5. The third-order valence-corrected chi connectivity index (χ3v) is 13.3. The lowest BCUT2D eigenvalue weighted by atomic mass is 9.75. The van der Waals surface area contributed by atoms with E-state index in [1.54, 1.807) is 34.6 Å². The lowest BCUT2D eigenvalue weighted by Gasteiger charge is -2.36. The fourth-order valence-corrected chi connectivity index (χ4v) is 9.62. The Morgan fingerprint density at radius 2 is 1.43 bits per heavy atom. The Hall–Kier alpha value is -4.66. The number of imidazole rings is 1. The van der Waals surface area contributed by atoms with Crippen LogP contribution in [0.15, 0.2) is 58.9 Å². The molecule has 1 saturated carbocycles. The van der Waals surface area contributed by atoms with Crippen LogP contribution in [0.4, 0.5) is 5.69 Å². The van der Waals surface area contributed by atoms with Gasteiger partial charge in [0.25, 0.3) is 0 Å². The summed E-state index contributed by atoms with van der Waals surface area (Å²) in [6.45, 7) is 16.6. The highest BCUT2D eigenvalue weighted by molar-refractivity contribution is 8.00. The summed E-state index contributed by atoms with van der Waals surface area (Å²) in [4.78, 5) is 20.7. The predicted octanol–water partition coefficient (Wildman–Crippen LogP) is 10.6. The number of rotatable bonds is 10. The van der Waals surface area contributed by atoms with Crippen LogP contribution in [-0.2, 0) is 38.2 Å². The van der Waals surface area contributed by atoms with Gasteiger partial charge >= 0.3 is 0 Å². The van der Waals surface area contributed by atoms with Gasteiger partial charge in [-0.25, -0.2) is 14.2 Å². The lowest BCUT2D eigenvalue weighted by Crippen LogP contribution is -2.34. The summed E-state index contributed by atoms with van der Waals surface area (Å²) in [5.74, 6) is 5.19. The molecule has 0 spiro atoms. The van der Waals surface area contributed by atoms with Gasteiger partial charge in [0.05, 0.1) is 73.5 Å². The molecule has 2 aromatic carbocycles. The Morgan fingerprint density at radius 3 is 2.05 bits per heavy atom. The number of aryl methyl sites for hydroxylation is 3. The summed E-state index contributed by atoms with van der Waals surface area (Å²) in [7, 11) is 5.36. The number of hydrogen-bond acceptors (Lipinski definition) is 11. The first kappa shape index (κ1) is 50.7. The van der Waals surface area contributed by atoms with E-state index in [0.29, 0.717) is 40.1 Å². The molecule has 1 fully saturated rings. The van der Waals surface area contributed by atoms with E-state index in [4.69, 9.17) is 23.1 Å². The van der Waals surface area contributed by atoms with E-state index < -0.39 is 21.9 Å². The van der Waals surface area contributed by atoms with Crippen LogP contribution in [0.25, 0.3) is 11.0 Å². The normalized spacial score (nSPS) is 17.5. The van der Waals surface area contributed by atoms with Gasteiger partial charge in [0.1, 0.15) is 28.0 Å². The average Bonchev–Trinajstić information content (AvgIpc) is 3.86. The molecule has 14 heteroatoms. The van der Waals surface area contributed by atoms with Crippen LogP contribution in [0.1, 0.15) is 94.1 Å². The number of nitrogens with one attached hydrogen (secondary N) is 1. The number of hydrogen-bond donors (Lipinski definition) is 1. The van der Waals surface area contributed by atoms with Crippen molar-refractivity contribution in [2.75, 3.05) is 28.4 Å². The first-order chi connectivity index (χ1) is 28.2. The Balaban J connectivity index is 0.000000256. The van der Waals surface area contributed by atoms with E-state index in [1.165, 1.54) is 6.42 Å². The SMILES string of the molecule is C.C.COc1c(C)cnc(C)c1C.COc1ccc2c(c1)N=C(S(=O)Cc1ncc(C)c(OC)c1C)C2.COc1ccc2nc(S(=O)O[C@@H]3C[C@H](C)CC[C@H]3C(C)C)[nH]c2c1. The van der Waals surface area contributed by atoms with Crippen molar-refractivity contribution in [1.82, 2.24) is 19.9 Å². The minimum Gasteiger partial charge on any atom is -0.497 e. The minimum atomic E-state index is -1.58. The minimum absolute atomic E-state index is 0. The Labute approximate surface area is 368 Å². The molecule has 12 nitrogen and oxygen atoms in total. The van der Waals surface area contributed by atoms with Crippen LogP contribution >= 0.6 is 0 Å². The van der Waals surface area contributed by atoms with E-state index in [-0.39, 0.29) is 21.0 Å². The number of pyridine rings is 2. The summed E-state index contributed by atoms with van der Waals surface area (Å²) in [5.41, 5.74) is 9.43. The van der Waals surface area contributed by atoms with Gasteiger partial charge in [0.15, 0.2) is 0 Å². The molecule has 7 rings (SSSR count). The highest BCUT2D eigenvalue weighted by Crippen LogP contribution is 2.37. The van der Waals surface area contributed by atoms with Crippen molar-refractivity contribution in [1.29, 1.82) is 0 Å². The molecule has 2 aliphatic rings. The van der Waals surface area contributed by atoms with E-state index in [2.05, 4.69) is 45.7 Å². The maximum absolute atomic E-state index is 12.7. The van der Waals surface area contributed by atoms with Gasteiger partial charge in [-0.1, -0.05) is 48.1 Å². The molecule has 1 aliphatic carbocycles. The van der Waals surface area contributed by atoms with Crippen LogP contribution in [0.5, 0.6) is 23.0 Å². The summed E-state index contributed by atoms with van der Waals surface area (Å²) in [6, 6.07) is 11.3. The first-order valence-corrected chi connectivity index (χ1v) is 22.3. The average molecular weight is 878 g/mol. The molecule has 0 radical (unpaired) electrons. The van der Waals surface area contributed by atoms with Crippen LogP contribution in [0, 0.1) is 52.4 Å². The van der Waals surface area contributed by atoms with Gasteiger partial charge in [-0.3, -0.25) is 18.4 Å². The van der Waals surface area contributed by atoms with Gasteiger partial charge < -0.3 is 23.9 Å². The smallest absolute Gasteiger partial charge is 0.226 e. The number of ether oxygens (including phenoxy) is 4. The van der Waals surface area contributed by atoms with Crippen molar-refractivity contribution in [3.8, 4) is 23.0 Å². The van der Waals surface area contributed by atoms with Gasteiger partial charge in [0.2, 0.25) is 16.2 Å². The van der Waals surface area contributed by atoms with Gasteiger partial charge in [-0.2, -0.15) is 0 Å². The van der Waals surface area contributed by atoms with Crippen LogP contribution in [-0.4, -0.2) is 67.9 Å². The van der Waals surface area contributed by atoms with Crippen molar-refractivity contribution < 1.29 is 31.5 Å². The molecule has 4 heterocycles. The van der Waals surface area contributed by atoms with Crippen LogP contribution in [0.3, 0.4) is 0 Å². The topological polar surface area (TPSA) is 147 Å². The van der Waals surface area contributed by atoms with Crippen molar-refractivity contribution in [3.05, 3.63) is 88.0 Å². The highest BCUT2D eigenvalue weighted by atomic mass is 32.2. The first-order valence-electron chi connectivity index (χ1n) is 19.9. The number of nitrogens with zero attached hydrogens (tertiary/aromatic N) is 4. The Bertz CT molecular complexity index is 2330. The predicted molar refractivity (Wildman–Crippen MR) is 250 cm³/mol. The Morgan fingerprint density at radius 1 is 0.803 bits per heavy atom. The fraction of sp³-hybridized carbons (Fsp3) is 0.489. The number of aromatic amines is 1. The number of H-pyrrole nitrogens is 1. The zero-order valence-electron chi connectivity index (χ0n) is 36.4. The Kier molecular flexibility index (Phi) is 19.1. The van der Waals surface area contributed by atoms with Crippen molar-refractivity contribution in [3.63, 3.8) is 0 Å². The quantitative estimate of drug-likeness (QED) is 0.144. The molecule has 0 saturated heterocycles. The molecule has 334 valence electrons. The molecular weight excluding hydrogens is 811 g/mol. The van der Waals surface area contributed by atoms with Gasteiger partial charge in [0, 0.05) is 58.9 Å². The zero-order valence-corrected chi connectivity index (χ0v) is 38.1. The third-order valence-electron chi connectivity index (χ3n) is 11.1. The zero-order chi connectivity index (χ0) is 43.0. The number of methoxy groups -OCH3 is 4. The molecule has 1 N–H and O–H groups in total. The second kappa shape index (κ2) is 23.0. The molecule has 0 amide bonds. The van der Waals surface area contributed by atoms with Crippen molar-refractivity contribution in [2.45, 2.75) is 113 Å². The molecule has 61 heavy (non-hydrogen) atoms. The van der Waals surface area contributed by atoms with Gasteiger partial charge in [-0.15, -0.1) is 0 Å². The summed E-state index contributed by atoms with van der Waals surface area (Å²) >= 11 is -1.58. The second-order valence-corrected chi connectivity index (χ2v) is 18.0. The maximum Gasteiger partial charge on any atom is 0.226 e. The number of benzene rings is 2.